The van der Waals surface area contributed by atoms with Gasteiger partial charge in [-0.25, -0.2) is 4.57 Å². The maximum atomic E-state index is 12.6. The molecule has 0 aliphatic carbocycles. The highest BCUT2D eigenvalue weighted by Gasteiger charge is 2.28. The number of carboxylic acid groups (broad SMARTS) is 1. The molecule has 12 nitrogen and oxygen atoms in total. The first-order chi connectivity index (χ1) is 28.5. The molecule has 0 radical (unpaired) electrons. The van der Waals surface area contributed by atoms with Crippen LogP contribution in [0.3, 0.4) is 0 Å². The topological polar surface area (TPSA) is 192 Å². The van der Waals surface area contributed by atoms with Gasteiger partial charge in [0.15, 0.2) is 6.10 Å². The van der Waals surface area contributed by atoms with Gasteiger partial charge in [0.2, 0.25) is 0 Å². The predicted molar refractivity (Wildman–Crippen MR) is 237 cm³/mol. The number of aliphatic hydroxyl groups is 1. The average molecular weight is 852 g/mol. The van der Waals surface area contributed by atoms with Crippen LogP contribution in [0.25, 0.3) is 0 Å². The zero-order valence-electron chi connectivity index (χ0n) is 36.2. The second kappa shape index (κ2) is 40.3. The van der Waals surface area contributed by atoms with Gasteiger partial charge in [0.05, 0.1) is 19.3 Å². The monoisotopic (exact) mass is 852 g/mol. The standard InChI is InChI=1S/C46H78NO11P/c1-3-5-6-7-8-9-10-11-12-13-14-18-21-24-27-30-33-36-44(49)55-38-42(39-56-59(53,54)57-40-43(47)46(51)52)58-45(50)37-34-31-28-25-22-19-16-15-17-20-23-26-29-32-35-41(48)4-2/h8-9,11-12,16-17,19-20,25-26,28-29,41-43,48H,3-7,10,13-15,18,21-24,27,30-40,47H2,1-2H3,(H,51,52)(H,53,54)/b9-8-,12-11-,19-16-,20-17-,28-25-,29-26-/t41-,42-,43+/m1/s1. The summed E-state index contributed by atoms with van der Waals surface area (Å²) in [6.07, 6.45) is 44.8. The SMILES string of the molecule is CCCCC/C=C\C/C=C\CCCCCCCCCC(=O)OC[C@H](COP(=O)(O)OC[C@H](N)C(=O)O)OC(=O)CCC/C=C\C/C=C\C/C=C\C/C=C\CC[C@H](O)CC. The van der Waals surface area contributed by atoms with E-state index in [0.29, 0.717) is 19.3 Å². The van der Waals surface area contributed by atoms with Gasteiger partial charge < -0.3 is 30.3 Å². The number of phosphoric acid groups is 1. The van der Waals surface area contributed by atoms with E-state index < -0.39 is 51.1 Å². The van der Waals surface area contributed by atoms with Gasteiger partial charge in [-0.3, -0.25) is 23.4 Å². The van der Waals surface area contributed by atoms with E-state index in [1.165, 1.54) is 38.5 Å². The molecule has 0 fully saturated rings. The molecule has 0 rings (SSSR count). The van der Waals surface area contributed by atoms with Gasteiger partial charge in [-0.2, -0.15) is 0 Å². The van der Waals surface area contributed by atoms with Crippen LogP contribution < -0.4 is 5.73 Å². The molecule has 338 valence electrons. The minimum atomic E-state index is -4.75. The van der Waals surface area contributed by atoms with Crippen LogP contribution in [0.15, 0.2) is 72.9 Å². The Balaban J connectivity index is 4.49. The summed E-state index contributed by atoms with van der Waals surface area (Å²) in [6, 6.07) is -1.54. The highest BCUT2D eigenvalue weighted by molar-refractivity contribution is 7.47. The molecule has 0 amide bonds. The second-order valence-electron chi connectivity index (χ2n) is 14.6. The highest BCUT2D eigenvalue weighted by Crippen LogP contribution is 2.43. The van der Waals surface area contributed by atoms with Gasteiger partial charge >= 0.3 is 25.7 Å². The number of carbonyl (C=O) groups is 3. The molecule has 0 saturated carbocycles. The molecule has 0 heterocycles. The Kier molecular flexibility index (Phi) is 38.2. The molecule has 0 bridgehead atoms. The lowest BCUT2D eigenvalue weighted by Gasteiger charge is -2.20. The van der Waals surface area contributed by atoms with E-state index in [0.717, 1.165) is 77.0 Å². The summed E-state index contributed by atoms with van der Waals surface area (Å²) >= 11 is 0. The first-order valence-corrected chi connectivity index (χ1v) is 23.5. The molecular weight excluding hydrogens is 773 g/mol. The number of aliphatic carboxylic acids is 1. The molecule has 0 saturated heterocycles. The summed E-state index contributed by atoms with van der Waals surface area (Å²) in [5.41, 5.74) is 5.33. The van der Waals surface area contributed by atoms with Crippen LogP contribution in [-0.4, -0.2) is 71.1 Å². The first-order valence-electron chi connectivity index (χ1n) is 22.0. The van der Waals surface area contributed by atoms with Gasteiger partial charge in [-0.05, 0) is 89.9 Å². The van der Waals surface area contributed by atoms with Crippen molar-refractivity contribution in [3.63, 3.8) is 0 Å². The summed E-state index contributed by atoms with van der Waals surface area (Å²) in [6.45, 7) is 2.42. The number of nitrogens with two attached hydrogens (primary N) is 1. The number of ether oxygens (including phenoxy) is 2. The van der Waals surface area contributed by atoms with Crippen LogP contribution in [-0.2, 0) is 37.5 Å². The van der Waals surface area contributed by atoms with E-state index >= 15 is 0 Å². The molecular formula is C46H78NO11P. The number of unbranched alkanes of at least 4 members (excludes halogenated alkanes) is 11. The largest absolute Gasteiger partial charge is 0.480 e. The Morgan fingerprint density at radius 1 is 0.593 bits per heavy atom. The van der Waals surface area contributed by atoms with Crippen LogP contribution in [0, 0.1) is 0 Å². The molecule has 0 aliphatic rings. The van der Waals surface area contributed by atoms with Crippen molar-refractivity contribution in [2.24, 2.45) is 5.73 Å². The Bertz CT molecular complexity index is 1290. The number of rotatable bonds is 40. The van der Waals surface area contributed by atoms with Crippen molar-refractivity contribution in [2.75, 3.05) is 19.8 Å². The molecule has 4 atom stereocenters. The van der Waals surface area contributed by atoms with Crippen molar-refractivity contribution in [1.82, 2.24) is 0 Å². The first kappa shape index (κ1) is 55.9. The fourth-order valence-electron chi connectivity index (χ4n) is 5.42. The van der Waals surface area contributed by atoms with Crippen molar-refractivity contribution in [2.45, 2.75) is 180 Å². The molecule has 59 heavy (non-hydrogen) atoms. The van der Waals surface area contributed by atoms with E-state index in [1.807, 2.05) is 19.1 Å². The van der Waals surface area contributed by atoms with Gasteiger partial charge in [0.1, 0.15) is 12.6 Å². The van der Waals surface area contributed by atoms with Gasteiger partial charge in [-0.1, -0.05) is 132 Å². The molecule has 0 aromatic rings. The normalized spacial score (nSPS) is 14.9. The minimum Gasteiger partial charge on any atom is -0.480 e. The predicted octanol–water partition coefficient (Wildman–Crippen LogP) is 10.7. The van der Waals surface area contributed by atoms with Crippen LogP contribution in [0.2, 0.25) is 0 Å². The molecule has 5 N–H and O–H groups in total. The smallest absolute Gasteiger partial charge is 0.472 e. The molecule has 0 aliphatic heterocycles. The van der Waals surface area contributed by atoms with Gasteiger partial charge in [0.25, 0.3) is 0 Å². The summed E-state index contributed by atoms with van der Waals surface area (Å²) in [5, 5.41) is 18.4. The number of allylic oxidation sites excluding steroid dienone is 12. The third-order valence-corrected chi connectivity index (χ3v) is 10.0. The number of carbonyl (C=O) groups excluding carboxylic acids is 2. The van der Waals surface area contributed by atoms with Crippen molar-refractivity contribution in [1.29, 1.82) is 0 Å². The second-order valence-corrected chi connectivity index (χ2v) is 16.1. The van der Waals surface area contributed by atoms with Crippen LogP contribution in [0.4, 0.5) is 0 Å². The Labute approximate surface area is 355 Å². The van der Waals surface area contributed by atoms with Gasteiger partial charge in [-0.15, -0.1) is 0 Å². The van der Waals surface area contributed by atoms with Crippen molar-refractivity contribution in [3.05, 3.63) is 72.9 Å². The number of hydrogen-bond donors (Lipinski definition) is 4. The lowest BCUT2D eigenvalue weighted by Crippen LogP contribution is -2.34. The minimum absolute atomic E-state index is 0.0668. The van der Waals surface area contributed by atoms with Crippen LogP contribution in [0.1, 0.15) is 162 Å². The highest BCUT2D eigenvalue weighted by atomic mass is 31.2. The number of hydrogen-bond acceptors (Lipinski definition) is 10. The average Bonchev–Trinajstić information content (AvgIpc) is 3.21. The van der Waals surface area contributed by atoms with Crippen molar-refractivity contribution >= 4 is 25.7 Å². The fraction of sp³-hybridized carbons (Fsp3) is 0.674. The Morgan fingerprint density at radius 3 is 1.59 bits per heavy atom. The zero-order chi connectivity index (χ0) is 43.7. The number of aliphatic hydroxyl groups excluding tert-OH is 1. The summed E-state index contributed by atoms with van der Waals surface area (Å²) < 4.78 is 32.6. The number of esters is 2. The third kappa shape index (κ3) is 40.1. The molecule has 13 heteroatoms. The lowest BCUT2D eigenvalue weighted by atomic mass is 10.1. The molecule has 0 aromatic carbocycles. The maximum absolute atomic E-state index is 12.6. The molecule has 0 aromatic heterocycles. The van der Waals surface area contributed by atoms with E-state index in [9.17, 15) is 28.9 Å². The van der Waals surface area contributed by atoms with Crippen LogP contribution in [0.5, 0.6) is 0 Å². The summed E-state index contributed by atoms with van der Waals surface area (Å²) in [7, 11) is -4.75. The van der Waals surface area contributed by atoms with E-state index in [4.69, 9.17) is 24.8 Å². The third-order valence-electron chi connectivity index (χ3n) is 9.09. The van der Waals surface area contributed by atoms with Crippen molar-refractivity contribution in [3.8, 4) is 0 Å². The summed E-state index contributed by atoms with van der Waals surface area (Å²) in [5.74, 6) is -2.49. The summed E-state index contributed by atoms with van der Waals surface area (Å²) in [4.78, 5) is 46.0. The number of carboxylic acids is 1. The Hall–Kier alpha value is -3.12. The van der Waals surface area contributed by atoms with Crippen LogP contribution >= 0.6 is 7.82 Å². The number of phosphoric ester groups is 1. The van der Waals surface area contributed by atoms with E-state index in [2.05, 4.69) is 72.2 Å². The van der Waals surface area contributed by atoms with Crippen molar-refractivity contribution < 1.29 is 52.6 Å². The molecule has 1 unspecified atom stereocenters. The van der Waals surface area contributed by atoms with Gasteiger partial charge in [0, 0.05) is 12.8 Å². The maximum Gasteiger partial charge on any atom is 0.472 e. The lowest BCUT2D eigenvalue weighted by molar-refractivity contribution is -0.161. The van der Waals surface area contributed by atoms with E-state index in [-0.39, 0.29) is 25.6 Å². The quantitative estimate of drug-likeness (QED) is 0.0198. The zero-order valence-corrected chi connectivity index (χ0v) is 37.1. The fourth-order valence-corrected chi connectivity index (χ4v) is 6.20. The van der Waals surface area contributed by atoms with E-state index in [1.54, 1.807) is 0 Å². The molecule has 0 spiro atoms. The Morgan fingerprint density at radius 2 is 1.05 bits per heavy atom.